The maximum atomic E-state index is 12.4. The Morgan fingerprint density at radius 1 is 1.43 bits per heavy atom. The van der Waals surface area contributed by atoms with Crippen molar-refractivity contribution in [2.75, 3.05) is 11.6 Å². The number of carbonyl (C=O) groups excluding carboxylic acids is 2. The summed E-state index contributed by atoms with van der Waals surface area (Å²) in [6.07, 6.45) is 2.27. The van der Waals surface area contributed by atoms with E-state index in [0.717, 1.165) is 5.56 Å². The standard InChI is InChI=1S/C15H19N3O3/c1-4-21-14(19)6-5-12-11(3)17-18(15(12)20)13-9-10(2)7-8-16-13/h7-9,12H,4-6H2,1-3H3. The monoisotopic (exact) mass is 289 g/mol. The molecule has 1 unspecified atom stereocenters. The number of hydrogen-bond acceptors (Lipinski definition) is 5. The summed E-state index contributed by atoms with van der Waals surface area (Å²) in [6.45, 7) is 5.84. The molecule has 21 heavy (non-hydrogen) atoms. The molecule has 2 rings (SSSR count). The first-order chi connectivity index (χ1) is 10.0. The van der Waals surface area contributed by atoms with E-state index in [9.17, 15) is 9.59 Å². The van der Waals surface area contributed by atoms with Crippen molar-refractivity contribution >= 4 is 23.4 Å². The first-order valence-electron chi connectivity index (χ1n) is 7.00. The van der Waals surface area contributed by atoms with Crippen LogP contribution in [0.15, 0.2) is 23.4 Å². The SMILES string of the molecule is CCOC(=O)CCC1C(=O)N(c2cc(C)ccn2)N=C1C. The van der Waals surface area contributed by atoms with Crippen LogP contribution >= 0.6 is 0 Å². The lowest BCUT2D eigenvalue weighted by atomic mass is 9.98. The molecule has 0 N–H and O–H groups in total. The van der Waals surface area contributed by atoms with Gasteiger partial charge in [0.1, 0.15) is 0 Å². The van der Waals surface area contributed by atoms with Crippen molar-refractivity contribution in [3.8, 4) is 0 Å². The van der Waals surface area contributed by atoms with Crippen LogP contribution in [0.25, 0.3) is 0 Å². The molecule has 1 aliphatic rings. The second-order valence-corrected chi connectivity index (χ2v) is 4.98. The molecule has 0 fully saturated rings. The summed E-state index contributed by atoms with van der Waals surface area (Å²) in [4.78, 5) is 28.0. The Hall–Kier alpha value is -2.24. The number of nitrogens with zero attached hydrogens (tertiary/aromatic N) is 3. The van der Waals surface area contributed by atoms with Crippen molar-refractivity contribution in [1.29, 1.82) is 0 Å². The highest BCUT2D eigenvalue weighted by Crippen LogP contribution is 2.25. The molecule has 1 aromatic heterocycles. The van der Waals surface area contributed by atoms with Crippen LogP contribution in [0.5, 0.6) is 0 Å². The zero-order valence-corrected chi connectivity index (χ0v) is 12.5. The van der Waals surface area contributed by atoms with E-state index in [1.54, 1.807) is 20.0 Å². The first-order valence-corrected chi connectivity index (χ1v) is 7.00. The number of hydrogen-bond donors (Lipinski definition) is 0. The molecule has 1 amide bonds. The summed E-state index contributed by atoms with van der Waals surface area (Å²) in [5.41, 5.74) is 1.71. The van der Waals surface area contributed by atoms with Crippen LogP contribution in [0.1, 0.15) is 32.3 Å². The molecule has 1 aromatic rings. The summed E-state index contributed by atoms with van der Waals surface area (Å²) < 4.78 is 4.88. The van der Waals surface area contributed by atoms with E-state index in [1.807, 2.05) is 19.1 Å². The highest BCUT2D eigenvalue weighted by molar-refractivity contribution is 6.14. The molecule has 0 saturated heterocycles. The summed E-state index contributed by atoms with van der Waals surface area (Å²) in [5, 5.41) is 5.59. The van der Waals surface area contributed by atoms with Crippen molar-refractivity contribution < 1.29 is 14.3 Å². The average molecular weight is 289 g/mol. The molecule has 0 spiro atoms. The number of esters is 1. The minimum Gasteiger partial charge on any atom is -0.466 e. The molecule has 2 heterocycles. The zero-order chi connectivity index (χ0) is 15.4. The van der Waals surface area contributed by atoms with E-state index in [-0.39, 0.29) is 24.2 Å². The minimum atomic E-state index is -0.378. The van der Waals surface area contributed by atoms with E-state index in [0.29, 0.717) is 24.6 Å². The van der Waals surface area contributed by atoms with E-state index in [1.165, 1.54) is 5.01 Å². The number of anilines is 1. The summed E-state index contributed by atoms with van der Waals surface area (Å²) >= 11 is 0. The van der Waals surface area contributed by atoms with Crippen molar-refractivity contribution in [3.63, 3.8) is 0 Å². The number of ether oxygens (including phenoxy) is 1. The molecule has 112 valence electrons. The number of rotatable bonds is 5. The highest BCUT2D eigenvalue weighted by atomic mass is 16.5. The molecular weight excluding hydrogens is 270 g/mol. The molecule has 0 bridgehead atoms. The molecule has 0 aromatic carbocycles. The van der Waals surface area contributed by atoms with E-state index in [4.69, 9.17) is 4.74 Å². The van der Waals surface area contributed by atoms with Crippen LogP contribution in [-0.4, -0.2) is 29.2 Å². The highest BCUT2D eigenvalue weighted by Gasteiger charge is 2.35. The Kier molecular flexibility index (Phi) is 4.67. The normalized spacial score (nSPS) is 17.9. The average Bonchev–Trinajstić information content (AvgIpc) is 2.72. The van der Waals surface area contributed by atoms with Crippen LogP contribution in [0, 0.1) is 12.8 Å². The summed E-state index contributed by atoms with van der Waals surface area (Å²) in [7, 11) is 0. The van der Waals surface area contributed by atoms with Gasteiger partial charge in [-0.2, -0.15) is 10.1 Å². The predicted octanol–water partition coefficient (Wildman–Crippen LogP) is 2.07. The fourth-order valence-electron chi connectivity index (χ4n) is 2.23. The fraction of sp³-hybridized carbons (Fsp3) is 0.467. The molecule has 0 aliphatic carbocycles. The third-order valence-corrected chi connectivity index (χ3v) is 3.33. The van der Waals surface area contributed by atoms with Gasteiger partial charge in [-0.25, -0.2) is 4.98 Å². The second-order valence-electron chi connectivity index (χ2n) is 4.98. The number of aromatic nitrogens is 1. The quantitative estimate of drug-likeness (QED) is 0.778. The Bertz CT molecular complexity index is 583. The Balaban J connectivity index is 2.06. The topological polar surface area (TPSA) is 71.9 Å². The van der Waals surface area contributed by atoms with Gasteiger partial charge < -0.3 is 4.74 Å². The van der Waals surface area contributed by atoms with Gasteiger partial charge in [0.05, 0.1) is 12.5 Å². The molecule has 1 atom stereocenters. The number of carbonyl (C=O) groups is 2. The molecule has 1 aliphatic heterocycles. The molecule has 6 nitrogen and oxygen atoms in total. The predicted molar refractivity (Wildman–Crippen MR) is 78.9 cm³/mol. The number of hydrazone groups is 1. The van der Waals surface area contributed by atoms with Crippen molar-refractivity contribution in [3.05, 3.63) is 23.9 Å². The van der Waals surface area contributed by atoms with Gasteiger partial charge in [-0.3, -0.25) is 9.59 Å². The lowest BCUT2D eigenvalue weighted by Gasteiger charge is -2.13. The van der Waals surface area contributed by atoms with Crippen molar-refractivity contribution in [2.45, 2.75) is 33.6 Å². The van der Waals surface area contributed by atoms with Gasteiger partial charge >= 0.3 is 5.97 Å². The van der Waals surface area contributed by atoms with Crippen LogP contribution < -0.4 is 5.01 Å². The number of amides is 1. The van der Waals surface area contributed by atoms with E-state index < -0.39 is 0 Å². The Labute approximate surface area is 123 Å². The van der Waals surface area contributed by atoms with Gasteiger partial charge in [-0.1, -0.05) is 0 Å². The number of pyridine rings is 1. The lowest BCUT2D eigenvalue weighted by molar-refractivity contribution is -0.143. The van der Waals surface area contributed by atoms with Gasteiger partial charge in [0.25, 0.3) is 5.91 Å². The number of aryl methyl sites for hydroxylation is 1. The lowest BCUT2D eigenvalue weighted by Crippen LogP contribution is -2.28. The van der Waals surface area contributed by atoms with Gasteiger partial charge in [0, 0.05) is 18.3 Å². The van der Waals surface area contributed by atoms with Crippen molar-refractivity contribution in [1.82, 2.24) is 4.98 Å². The molecular formula is C15H19N3O3. The maximum absolute atomic E-state index is 12.4. The third-order valence-electron chi connectivity index (χ3n) is 3.33. The minimum absolute atomic E-state index is 0.144. The van der Waals surface area contributed by atoms with Crippen LogP contribution in [0.4, 0.5) is 5.82 Å². The fourth-order valence-corrected chi connectivity index (χ4v) is 2.23. The maximum Gasteiger partial charge on any atom is 0.305 e. The van der Waals surface area contributed by atoms with Gasteiger partial charge in [0.15, 0.2) is 5.82 Å². The molecule has 6 heteroatoms. The second kappa shape index (κ2) is 6.47. The third kappa shape index (κ3) is 3.45. The van der Waals surface area contributed by atoms with Crippen LogP contribution in [-0.2, 0) is 14.3 Å². The Morgan fingerprint density at radius 3 is 2.86 bits per heavy atom. The van der Waals surface area contributed by atoms with Gasteiger partial charge in [-0.05, 0) is 44.9 Å². The van der Waals surface area contributed by atoms with E-state index >= 15 is 0 Å². The first kappa shape index (κ1) is 15.2. The van der Waals surface area contributed by atoms with Gasteiger partial charge in [0.2, 0.25) is 0 Å². The van der Waals surface area contributed by atoms with Crippen LogP contribution in [0.2, 0.25) is 0 Å². The van der Waals surface area contributed by atoms with E-state index in [2.05, 4.69) is 10.1 Å². The molecule has 0 radical (unpaired) electrons. The zero-order valence-electron chi connectivity index (χ0n) is 12.5. The van der Waals surface area contributed by atoms with Crippen LogP contribution in [0.3, 0.4) is 0 Å². The summed E-state index contributed by atoms with van der Waals surface area (Å²) in [5.74, 6) is -0.296. The largest absolute Gasteiger partial charge is 0.466 e. The Morgan fingerprint density at radius 2 is 2.19 bits per heavy atom. The summed E-state index contributed by atoms with van der Waals surface area (Å²) in [6, 6.07) is 3.67. The van der Waals surface area contributed by atoms with Gasteiger partial charge in [-0.15, -0.1) is 0 Å². The van der Waals surface area contributed by atoms with Crippen molar-refractivity contribution in [2.24, 2.45) is 11.0 Å². The smallest absolute Gasteiger partial charge is 0.305 e. The molecule has 0 saturated carbocycles.